The van der Waals surface area contributed by atoms with Gasteiger partial charge in [0.25, 0.3) is 14.2 Å². The Bertz CT molecular complexity index is 360. The maximum Gasteiger partial charge on any atom is 0.285 e. The maximum absolute atomic E-state index is 10.6. The van der Waals surface area contributed by atoms with E-state index in [0.717, 1.165) is 6.42 Å². The van der Waals surface area contributed by atoms with E-state index < -0.39 is 22.9 Å². The smallest absolute Gasteiger partial charge is 0.285 e. The predicted molar refractivity (Wildman–Crippen MR) is 88.7 cm³/mol. The second kappa shape index (κ2) is 6.23. The summed E-state index contributed by atoms with van der Waals surface area (Å²) in [5.74, 6) is 0.585. The van der Waals surface area contributed by atoms with Gasteiger partial charge in [-0.15, -0.1) is 0 Å². The predicted octanol–water partition coefficient (Wildman–Crippen LogP) is 1.83. The molecular formula is C15H32B2O4. The molecular weight excluding hydrogens is 266 g/mol. The first kappa shape index (κ1) is 19.0. The zero-order chi connectivity index (χ0) is 16.6. The second-order valence-electron chi connectivity index (χ2n) is 7.58. The van der Waals surface area contributed by atoms with Crippen molar-refractivity contribution in [1.82, 2.24) is 0 Å². The van der Waals surface area contributed by atoms with E-state index in [2.05, 4.69) is 13.8 Å². The van der Waals surface area contributed by atoms with Crippen LogP contribution >= 0.6 is 0 Å². The van der Waals surface area contributed by atoms with Crippen LogP contribution in [0.4, 0.5) is 0 Å². The zero-order valence-electron chi connectivity index (χ0n) is 14.9. The fraction of sp³-hybridized carbons (Fsp3) is 1.00. The van der Waals surface area contributed by atoms with Gasteiger partial charge in [-0.05, 0) is 46.5 Å². The van der Waals surface area contributed by atoms with Crippen molar-refractivity contribution in [3.63, 3.8) is 0 Å². The Morgan fingerprint density at radius 1 is 1.38 bits per heavy atom. The summed E-state index contributed by atoms with van der Waals surface area (Å²) in [6.07, 6.45) is 0.438. The van der Waals surface area contributed by atoms with E-state index >= 15 is 0 Å². The molecule has 2 N–H and O–H groups in total. The van der Waals surface area contributed by atoms with E-state index in [9.17, 15) is 10.2 Å². The van der Waals surface area contributed by atoms with Crippen LogP contribution in [0.1, 0.15) is 54.9 Å². The summed E-state index contributed by atoms with van der Waals surface area (Å²) in [6, 6.07) is 0. The normalized spacial score (nSPS) is 37.8. The van der Waals surface area contributed by atoms with Gasteiger partial charge >= 0.3 is 0 Å². The van der Waals surface area contributed by atoms with E-state index in [1.807, 2.05) is 34.5 Å². The summed E-state index contributed by atoms with van der Waals surface area (Å²) in [5, 5.41) is 20.3. The lowest BCUT2D eigenvalue weighted by Gasteiger charge is -2.63. The highest BCUT2D eigenvalue weighted by molar-refractivity contribution is 7.05. The lowest BCUT2D eigenvalue weighted by atomic mass is 9.41. The summed E-state index contributed by atoms with van der Waals surface area (Å²) in [4.78, 5) is 0. The molecule has 1 saturated carbocycles. The lowest BCUT2D eigenvalue weighted by Crippen LogP contribution is -2.73. The average molecular weight is 298 g/mol. The van der Waals surface area contributed by atoms with E-state index in [4.69, 9.17) is 9.31 Å². The van der Waals surface area contributed by atoms with Gasteiger partial charge in [0, 0.05) is 0 Å². The van der Waals surface area contributed by atoms with Gasteiger partial charge in [-0.3, -0.25) is 0 Å². The molecule has 0 saturated heterocycles. The average Bonchev–Trinajstić information content (AvgIpc) is 2.36. The van der Waals surface area contributed by atoms with Gasteiger partial charge in [0.15, 0.2) is 0 Å². The van der Waals surface area contributed by atoms with Crippen LogP contribution in [0.5, 0.6) is 0 Å². The van der Waals surface area contributed by atoms with Gasteiger partial charge in [0.05, 0.1) is 22.9 Å². The Morgan fingerprint density at radius 3 is 2.33 bits per heavy atom. The van der Waals surface area contributed by atoms with Gasteiger partial charge in [-0.25, -0.2) is 0 Å². The molecule has 1 rings (SSSR count). The third-order valence-electron chi connectivity index (χ3n) is 5.77. The van der Waals surface area contributed by atoms with Crippen molar-refractivity contribution < 1.29 is 19.5 Å². The molecule has 0 aromatic heterocycles. The number of hydrogen-bond donors (Lipinski definition) is 2. The van der Waals surface area contributed by atoms with Crippen molar-refractivity contribution in [2.45, 2.75) is 84.6 Å². The van der Waals surface area contributed by atoms with Crippen LogP contribution in [-0.4, -0.2) is 47.3 Å². The SMILES string of the molecule is CCC1C(C)C(C)(O)C1(C)OBB(C)OC(C)(C)C(C)O. The quantitative estimate of drug-likeness (QED) is 0.704. The summed E-state index contributed by atoms with van der Waals surface area (Å²) in [7, 11) is 0.409. The van der Waals surface area contributed by atoms with E-state index in [0.29, 0.717) is 13.3 Å². The van der Waals surface area contributed by atoms with Crippen molar-refractivity contribution in [3.8, 4) is 0 Å². The largest absolute Gasteiger partial charge is 0.437 e. The monoisotopic (exact) mass is 298 g/mol. The Balaban J connectivity index is 2.62. The Hall–Kier alpha value is -0.0301. The van der Waals surface area contributed by atoms with Gasteiger partial charge in [-0.1, -0.05) is 27.1 Å². The van der Waals surface area contributed by atoms with Crippen LogP contribution in [0, 0.1) is 11.8 Å². The van der Waals surface area contributed by atoms with E-state index in [1.165, 1.54) is 0 Å². The van der Waals surface area contributed by atoms with E-state index in [-0.39, 0.29) is 12.7 Å². The topological polar surface area (TPSA) is 58.9 Å². The van der Waals surface area contributed by atoms with Gasteiger partial charge in [-0.2, -0.15) is 0 Å². The highest BCUT2D eigenvalue weighted by Gasteiger charge is 2.64. The first-order valence-corrected chi connectivity index (χ1v) is 8.12. The summed E-state index contributed by atoms with van der Waals surface area (Å²) >= 11 is 0. The summed E-state index contributed by atoms with van der Waals surface area (Å²) in [6.45, 7) is 15.3. The fourth-order valence-electron chi connectivity index (χ4n) is 3.54. The minimum absolute atomic E-state index is 0.143. The number of aliphatic hydroxyl groups excluding tert-OH is 1. The number of aliphatic hydroxyl groups is 2. The third kappa shape index (κ3) is 3.34. The molecule has 5 atom stereocenters. The first-order valence-electron chi connectivity index (χ1n) is 8.12. The molecule has 4 nitrogen and oxygen atoms in total. The molecule has 0 aromatic rings. The van der Waals surface area contributed by atoms with Gasteiger partial charge < -0.3 is 19.5 Å². The van der Waals surface area contributed by atoms with Crippen LogP contribution in [0.2, 0.25) is 6.82 Å². The maximum atomic E-state index is 10.6. The van der Waals surface area contributed by atoms with Crippen LogP contribution < -0.4 is 0 Å². The molecule has 1 aliphatic carbocycles. The highest BCUT2D eigenvalue weighted by atomic mass is 16.5. The Labute approximate surface area is 131 Å². The molecule has 0 aromatic carbocycles. The van der Waals surface area contributed by atoms with Gasteiger partial charge in [0.2, 0.25) is 0 Å². The van der Waals surface area contributed by atoms with Crippen molar-refractivity contribution in [1.29, 1.82) is 0 Å². The fourth-order valence-corrected chi connectivity index (χ4v) is 3.54. The third-order valence-corrected chi connectivity index (χ3v) is 5.77. The highest BCUT2D eigenvalue weighted by Crippen LogP contribution is 2.55. The molecule has 0 aliphatic heterocycles. The molecule has 5 unspecified atom stereocenters. The zero-order valence-corrected chi connectivity index (χ0v) is 14.9. The van der Waals surface area contributed by atoms with Crippen LogP contribution in [-0.2, 0) is 9.31 Å². The lowest BCUT2D eigenvalue weighted by molar-refractivity contribution is -0.269. The van der Waals surface area contributed by atoms with Gasteiger partial charge in [0.1, 0.15) is 0 Å². The molecule has 0 radical (unpaired) electrons. The van der Waals surface area contributed by atoms with E-state index in [1.54, 1.807) is 6.92 Å². The van der Waals surface area contributed by atoms with Crippen LogP contribution in [0.3, 0.4) is 0 Å². The molecule has 1 fully saturated rings. The summed E-state index contributed by atoms with van der Waals surface area (Å²) in [5.41, 5.74) is -1.95. The van der Waals surface area contributed by atoms with Crippen LogP contribution in [0.25, 0.3) is 0 Å². The molecule has 0 heterocycles. The van der Waals surface area contributed by atoms with Crippen molar-refractivity contribution >= 4 is 14.2 Å². The minimum atomic E-state index is -0.812. The first-order chi connectivity index (χ1) is 9.40. The van der Waals surface area contributed by atoms with Crippen LogP contribution in [0.15, 0.2) is 0 Å². The van der Waals surface area contributed by atoms with Crippen molar-refractivity contribution in [2.75, 3.05) is 0 Å². The second-order valence-corrected chi connectivity index (χ2v) is 7.58. The number of hydrogen-bond acceptors (Lipinski definition) is 4. The van der Waals surface area contributed by atoms with Crippen molar-refractivity contribution in [3.05, 3.63) is 0 Å². The molecule has 1 aliphatic rings. The molecule has 122 valence electrons. The minimum Gasteiger partial charge on any atom is -0.437 e. The molecule has 0 bridgehead atoms. The number of rotatable bonds is 7. The molecule has 6 heteroatoms. The molecule has 0 spiro atoms. The van der Waals surface area contributed by atoms with Crippen molar-refractivity contribution in [2.24, 2.45) is 11.8 Å². The summed E-state index contributed by atoms with van der Waals surface area (Å²) < 4.78 is 12.0. The standard InChI is InChI=1S/C15H32B2O4/c1-9-12-10(2)14(6,19)15(12,7)20-16-17(8)21-13(4,5)11(3)18/h10-12,16,18-19H,9H2,1-8H3. The molecule has 0 amide bonds. The Morgan fingerprint density at radius 2 is 1.90 bits per heavy atom. The molecule has 21 heavy (non-hydrogen) atoms. The Kier molecular flexibility index (Phi) is 5.64.